The second-order valence-corrected chi connectivity index (χ2v) is 16.7. The molecule has 3 aromatic heterocycles. The van der Waals surface area contributed by atoms with Crippen LogP contribution in [-0.4, -0.2) is 99.0 Å². The van der Waals surface area contributed by atoms with Crippen molar-refractivity contribution in [2.75, 3.05) is 32.8 Å². The van der Waals surface area contributed by atoms with Crippen molar-refractivity contribution in [1.82, 2.24) is 40.1 Å². The van der Waals surface area contributed by atoms with Crippen LogP contribution >= 0.6 is 0 Å². The Labute approximate surface area is 345 Å². The fourth-order valence-corrected chi connectivity index (χ4v) is 8.87. The number of nitrogens with zero attached hydrogens (tertiary/aromatic N) is 5. The van der Waals surface area contributed by atoms with Crippen LogP contribution in [0.4, 0.5) is 4.39 Å². The maximum Gasteiger partial charge on any atom is 0.271 e. The van der Waals surface area contributed by atoms with Gasteiger partial charge in [-0.2, -0.15) is 0 Å². The van der Waals surface area contributed by atoms with Crippen LogP contribution < -0.4 is 20.7 Å². The monoisotopic (exact) mass is 802 g/mol. The Morgan fingerprint density at radius 1 is 0.915 bits per heavy atom. The average molecular weight is 803 g/mol. The van der Waals surface area contributed by atoms with Gasteiger partial charge in [0.05, 0.1) is 19.4 Å². The summed E-state index contributed by atoms with van der Waals surface area (Å²) in [6, 6.07) is 22.5. The van der Waals surface area contributed by atoms with E-state index in [9.17, 15) is 14.0 Å². The van der Waals surface area contributed by atoms with E-state index in [0.29, 0.717) is 68.5 Å². The van der Waals surface area contributed by atoms with Gasteiger partial charge in [0.15, 0.2) is 0 Å². The van der Waals surface area contributed by atoms with Gasteiger partial charge in [-0.1, -0.05) is 36.4 Å². The van der Waals surface area contributed by atoms with Gasteiger partial charge in [0.2, 0.25) is 5.88 Å². The van der Waals surface area contributed by atoms with Crippen LogP contribution in [0.5, 0.6) is 11.6 Å². The first-order chi connectivity index (χ1) is 28.5. The maximum absolute atomic E-state index is 14.6. The number of pyridine rings is 2. The molecule has 13 heteroatoms. The molecule has 3 atom stereocenters. The number of ether oxygens (including phenoxy) is 2. The summed E-state index contributed by atoms with van der Waals surface area (Å²) in [5.74, 6) is -0.779. The molecular weight excluding hydrogens is 748 g/mol. The number of halogens is 1. The molecule has 8 rings (SSSR count). The largest absolute Gasteiger partial charge is 0.438 e. The molecule has 1 aliphatic carbocycles. The fourth-order valence-electron chi connectivity index (χ4n) is 8.87. The number of piperazine rings is 1. The number of carbonyl (C=O) groups excluding carboxylic acids is 2. The summed E-state index contributed by atoms with van der Waals surface area (Å²) < 4.78 is 28.6. The minimum atomic E-state index is -0.628. The zero-order chi connectivity index (χ0) is 41.0. The molecule has 0 radical (unpaired) electrons. The van der Waals surface area contributed by atoms with Gasteiger partial charge in [0.25, 0.3) is 11.8 Å². The third-order valence-corrected chi connectivity index (χ3v) is 11.8. The number of amides is 2. The fraction of sp³-hybridized carbons (Fsp3) is 0.435. The first-order valence-corrected chi connectivity index (χ1v) is 21.0. The number of benzene rings is 2. The predicted molar refractivity (Wildman–Crippen MR) is 225 cm³/mol. The molecule has 2 unspecified atom stereocenters. The normalized spacial score (nSPS) is 22.9. The Morgan fingerprint density at radius 2 is 1.66 bits per heavy atom. The number of hydrogen-bond donors (Lipinski definition) is 3. The molecule has 2 amide bonds. The summed E-state index contributed by atoms with van der Waals surface area (Å²) in [5.41, 5.74) is 6.70. The van der Waals surface area contributed by atoms with Crippen LogP contribution in [0.1, 0.15) is 84.1 Å². The van der Waals surface area contributed by atoms with Crippen LogP contribution in [0.2, 0.25) is 0 Å². The van der Waals surface area contributed by atoms with Crippen molar-refractivity contribution in [3.8, 4) is 22.8 Å². The smallest absolute Gasteiger partial charge is 0.271 e. The first-order valence-electron chi connectivity index (χ1n) is 21.0. The number of rotatable bonds is 11. The van der Waals surface area contributed by atoms with Crippen molar-refractivity contribution in [3.05, 3.63) is 113 Å². The molecular formula is C46H55FN8O4. The van der Waals surface area contributed by atoms with Crippen molar-refractivity contribution in [3.63, 3.8) is 0 Å². The highest BCUT2D eigenvalue weighted by Gasteiger charge is 2.28. The number of carbonyl (C=O) groups is 2. The molecule has 2 aromatic carbocycles. The Hall–Kier alpha value is -5.21. The molecule has 2 aliphatic heterocycles. The molecule has 5 aromatic rings. The highest BCUT2D eigenvalue weighted by Crippen LogP contribution is 2.33. The van der Waals surface area contributed by atoms with Gasteiger partial charge in [0.1, 0.15) is 28.5 Å². The minimum absolute atomic E-state index is 0.0240. The topological polar surface area (TPSA) is 125 Å². The number of fused-ring (bicyclic) bond motifs is 1. The van der Waals surface area contributed by atoms with E-state index < -0.39 is 11.7 Å². The van der Waals surface area contributed by atoms with Gasteiger partial charge in [-0.25, -0.2) is 14.4 Å². The molecule has 59 heavy (non-hydrogen) atoms. The van der Waals surface area contributed by atoms with E-state index in [1.54, 1.807) is 6.20 Å². The van der Waals surface area contributed by atoms with Crippen molar-refractivity contribution in [2.45, 2.75) is 96.7 Å². The van der Waals surface area contributed by atoms with Crippen LogP contribution in [0.25, 0.3) is 16.8 Å². The van der Waals surface area contributed by atoms with E-state index in [0.717, 1.165) is 61.4 Å². The second-order valence-electron chi connectivity index (χ2n) is 16.7. The Bertz CT molecular complexity index is 2280. The molecule has 12 nitrogen and oxygen atoms in total. The Kier molecular flexibility index (Phi) is 12.3. The Balaban J connectivity index is 0.941. The van der Waals surface area contributed by atoms with Gasteiger partial charge in [-0.05, 0) is 106 Å². The zero-order valence-corrected chi connectivity index (χ0v) is 34.4. The number of nitrogens with one attached hydrogen (secondary N) is 3. The third-order valence-electron chi connectivity index (χ3n) is 11.8. The second kappa shape index (κ2) is 18.0. The first kappa shape index (κ1) is 40.6. The van der Waals surface area contributed by atoms with Crippen LogP contribution in [-0.2, 0) is 17.8 Å². The molecule has 2 saturated heterocycles. The van der Waals surface area contributed by atoms with E-state index in [2.05, 4.69) is 80.8 Å². The van der Waals surface area contributed by atoms with Crippen molar-refractivity contribution in [1.29, 1.82) is 0 Å². The summed E-state index contributed by atoms with van der Waals surface area (Å²) in [5, 5.41) is 9.81. The molecule has 0 spiro atoms. The number of morpholine rings is 1. The summed E-state index contributed by atoms with van der Waals surface area (Å²) in [6.45, 7) is 14.6. The van der Waals surface area contributed by atoms with Gasteiger partial charge in [-0.15, -0.1) is 0 Å². The molecule has 3 aliphatic rings. The quantitative estimate of drug-likeness (QED) is 0.137. The number of hydrogen-bond acceptors (Lipinski definition) is 9. The van der Waals surface area contributed by atoms with E-state index in [-0.39, 0.29) is 29.4 Å². The van der Waals surface area contributed by atoms with Crippen molar-refractivity contribution >= 4 is 17.5 Å². The molecule has 3 N–H and O–H groups in total. The lowest BCUT2D eigenvalue weighted by Crippen LogP contribution is -2.53. The highest BCUT2D eigenvalue weighted by atomic mass is 19.1. The van der Waals surface area contributed by atoms with E-state index in [4.69, 9.17) is 9.47 Å². The van der Waals surface area contributed by atoms with Gasteiger partial charge in [-0.3, -0.25) is 19.4 Å². The average Bonchev–Trinajstić information content (AvgIpc) is 3.66. The number of aryl methyl sites for hydroxylation is 1. The molecule has 5 heterocycles. The van der Waals surface area contributed by atoms with Crippen molar-refractivity contribution in [2.24, 2.45) is 0 Å². The predicted octanol–water partition coefficient (Wildman–Crippen LogP) is 6.51. The van der Waals surface area contributed by atoms with Crippen LogP contribution in [0, 0.1) is 12.7 Å². The molecule has 3 fully saturated rings. The Morgan fingerprint density at radius 3 is 2.41 bits per heavy atom. The van der Waals surface area contributed by atoms with Crippen molar-refractivity contribution < 1.29 is 23.5 Å². The standard InChI is InChI=1S/C46H55FN8O4/c1-29-23-53(24-30(2)49-29)25-33-11-16-40(35(19-33)26-54-17-18-58-28-32(54)4)34-8-6-9-39(20-34)59-46-41(21-36(47)22-48-46)44(56)50-37-12-14-38(15-13-37)51-45(57)42-27-55-31(3)7-5-10-43(55)52-42/h5-11,16,19-22,27,29-30,32,37-38,49H,12-15,17-18,23-26,28H2,1-4H3,(H,50,56)(H,51,57)/t29?,30?,32-,37?,38?/m0/s1. The van der Waals surface area contributed by atoms with E-state index in [1.807, 2.05) is 47.7 Å². The third kappa shape index (κ3) is 9.82. The molecule has 310 valence electrons. The van der Waals surface area contributed by atoms with Gasteiger partial charge in [0, 0.05) is 74.8 Å². The lowest BCUT2D eigenvalue weighted by atomic mass is 9.91. The van der Waals surface area contributed by atoms with Gasteiger partial charge < -0.3 is 29.8 Å². The highest BCUT2D eigenvalue weighted by molar-refractivity contribution is 5.96. The number of imidazole rings is 1. The van der Waals surface area contributed by atoms with Crippen LogP contribution in [0.3, 0.4) is 0 Å². The van der Waals surface area contributed by atoms with E-state index in [1.165, 1.54) is 17.2 Å². The lowest BCUT2D eigenvalue weighted by molar-refractivity contribution is -0.00431. The van der Waals surface area contributed by atoms with Gasteiger partial charge >= 0.3 is 0 Å². The zero-order valence-electron chi connectivity index (χ0n) is 34.4. The summed E-state index contributed by atoms with van der Waals surface area (Å²) in [4.78, 5) is 40.4. The minimum Gasteiger partial charge on any atom is -0.438 e. The number of aromatic nitrogens is 3. The summed E-state index contributed by atoms with van der Waals surface area (Å²) in [7, 11) is 0. The summed E-state index contributed by atoms with van der Waals surface area (Å²) >= 11 is 0. The van der Waals surface area contributed by atoms with E-state index >= 15 is 0 Å². The SMILES string of the molecule is Cc1cccc2nc(C(=O)NC3CCC(NC(=O)c4cc(F)cnc4Oc4cccc(-c5ccc(CN6CC(C)NC(C)C6)cc5CN5CCOC[C@@H]5C)c4)CC3)cn12. The summed E-state index contributed by atoms with van der Waals surface area (Å²) in [6.07, 6.45) is 5.49. The van der Waals surface area contributed by atoms with Crippen LogP contribution in [0.15, 0.2) is 79.1 Å². The lowest BCUT2D eigenvalue weighted by Gasteiger charge is -2.36. The molecule has 1 saturated carbocycles. The molecule has 0 bridgehead atoms. The maximum atomic E-state index is 14.6.